The summed E-state index contributed by atoms with van der Waals surface area (Å²) in [5.74, 6) is 1.56. The molecule has 2 rings (SSSR count). The highest BCUT2D eigenvalue weighted by Gasteiger charge is 2.27. The lowest BCUT2D eigenvalue weighted by Crippen LogP contribution is -2.54. The van der Waals surface area contributed by atoms with E-state index in [0.717, 1.165) is 70.1 Å². The molecular formula is C16H30N4O2. The minimum absolute atomic E-state index is 0.265. The lowest BCUT2D eigenvalue weighted by atomic mass is 10.1. The van der Waals surface area contributed by atoms with Gasteiger partial charge < -0.3 is 9.63 Å². The summed E-state index contributed by atoms with van der Waals surface area (Å²) in [4.78, 5) is 9.27. The Morgan fingerprint density at radius 3 is 2.86 bits per heavy atom. The van der Waals surface area contributed by atoms with Gasteiger partial charge in [0.05, 0.1) is 12.6 Å². The number of rotatable bonds is 8. The fourth-order valence-corrected chi connectivity index (χ4v) is 3.05. The van der Waals surface area contributed by atoms with E-state index in [1.165, 1.54) is 0 Å². The maximum atomic E-state index is 9.60. The number of unbranched alkanes of at least 4 members (excludes halogenated alkanes) is 1. The molecule has 2 atom stereocenters. The van der Waals surface area contributed by atoms with Crippen LogP contribution in [0.2, 0.25) is 0 Å². The van der Waals surface area contributed by atoms with E-state index in [1.807, 2.05) is 6.92 Å². The van der Waals surface area contributed by atoms with E-state index < -0.39 is 0 Å². The number of piperazine rings is 1. The molecule has 1 aliphatic heterocycles. The van der Waals surface area contributed by atoms with Crippen LogP contribution in [-0.4, -0.2) is 63.4 Å². The second kappa shape index (κ2) is 8.60. The Balaban J connectivity index is 1.85. The first-order valence-electron chi connectivity index (χ1n) is 8.58. The minimum atomic E-state index is -0.265. The van der Waals surface area contributed by atoms with Gasteiger partial charge in [0, 0.05) is 38.6 Å². The van der Waals surface area contributed by atoms with E-state index in [2.05, 4.69) is 33.8 Å². The average Bonchev–Trinajstić information content (AvgIpc) is 2.93. The molecule has 1 N–H and O–H groups in total. The lowest BCUT2D eigenvalue weighted by Gasteiger charge is -2.41. The Hall–Kier alpha value is -0.980. The highest BCUT2D eigenvalue weighted by Crippen LogP contribution is 2.15. The van der Waals surface area contributed by atoms with Crippen molar-refractivity contribution in [3.05, 3.63) is 11.7 Å². The van der Waals surface area contributed by atoms with Gasteiger partial charge in [-0.15, -0.1) is 0 Å². The zero-order chi connectivity index (χ0) is 15.9. The standard InChI is InChI=1S/C16H30N4O2/c1-4-6-7-16-17-15(18-22-16)12-19-8-9-20(10-13(3)21)14(5-2)11-19/h13-14,21H,4-12H2,1-3H3/t13-,14-/m0/s1. The molecule has 2 heterocycles. The van der Waals surface area contributed by atoms with Gasteiger partial charge in [-0.05, 0) is 19.8 Å². The number of aryl methyl sites for hydroxylation is 1. The van der Waals surface area contributed by atoms with Gasteiger partial charge in [0.25, 0.3) is 0 Å². The summed E-state index contributed by atoms with van der Waals surface area (Å²) in [6, 6.07) is 0.495. The van der Waals surface area contributed by atoms with E-state index in [4.69, 9.17) is 4.52 Å². The molecule has 1 aromatic rings. The summed E-state index contributed by atoms with van der Waals surface area (Å²) in [7, 11) is 0. The number of nitrogens with zero attached hydrogens (tertiary/aromatic N) is 4. The van der Waals surface area contributed by atoms with E-state index >= 15 is 0 Å². The third-order valence-electron chi connectivity index (χ3n) is 4.28. The molecule has 1 saturated heterocycles. The van der Waals surface area contributed by atoms with Gasteiger partial charge in [0.15, 0.2) is 5.82 Å². The third-order valence-corrected chi connectivity index (χ3v) is 4.28. The number of aliphatic hydroxyl groups is 1. The van der Waals surface area contributed by atoms with Crippen molar-refractivity contribution < 1.29 is 9.63 Å². The van der Waals surface area contributed by atoms with Crippen molar-refractivity contribution in [3.8, 4) is 0 Å². The van der Waals surface area contributed by atoms with Gasteiger partial charge in [-0.2, -0.15) is 4.98 Å². The van der Waals surface area contributed by atoms with Gasteiger partial charge in [0.1, 0.15) is 0 Å². The molecule has 0 bridgehead atoms. The first-order chi connectivity index (χ1) is 10.6. The Morgan fingerprint density at radius 1 is 1.36 bits per heavy atom. The van der Waals surface area contributed by atoms with Crippen molar-refractivity contribution >= 4 is 0 Å². The summed E-state index contributed by atoms with van der Waals surface area (Å²) in [5, 5.41) is 13.7. The quantitative estimate of drug-likeness (QED) is 0.788. The third kappa shape index (κ3) is 5.04. The van der Waals surface area contributed by atoms with Crippen molar-refractivity contribution in [3.63, 3.8) is 0 Å². The van der Waals surface area contributed by atoms with Crippen LogP contribution in [0, 0.1) is 0 Å². The Kier molecular flexibility index (Phi) is 6.79. The molecule has 6 nitrogen and oxygen atoms in total. The highest BCUT2D eigenvalue weighted by molar-refractivity contribution is 4.89. The van der Waals surface area contributed by atoms with Crippen LogP contribution in [0.5, 0.6) is 0 Å². The van der Waals surface area contributed by atoms with Gasteiger partial charge in [0.2, 0.25) is 5.89 Å². The van der Waals surface area contributed by atoms with Crippen LogP contribution in [0.25, 0.3) is 0 Å². The summed E-state index contributed by atoms with van der Waals surface area (Å²) < 4.78 is 5.30. The number of aromatic nitrogens is 2. The molecule has 126 valence electrons. The maximum absolute atomic E-state index is 9.60. The Labute approximate surface area is 133 Å². The van der Waals surface area contributed by atoms with Crippen molar-refractivity contribution in [1.29, 1.82) is 0 Å². The topological polar surface area (TPSA) is 65.6 Å². The van der Waals surface area contributed by atoms with E-state index in [9.17, 15) is 5.11 Å². The number of β-amino-alcohol motifs (C(OH)–C–C–N with tert-alkyl or cyclic N) is 1. The van der Waals surface area contributed by atoms with Crippen LogP contribution < -0.4 is 0 Å². The minimum Gasteiger partial charge on any atom is -0.392 e. The van der Waals surface area contributed by atoms with E-state index in [1.54, 1.807) is 0 Å². The van der Waals surface area contributed by atoms with E-state index in [-0.39, 0.29) is 6.10 Å². The summed E-state index contributed by atoms with van der Waals surface area (Å²) in [6.07, 6.45) is 3.94. The Morgan fingerprint density at radius 2 is 2.18 bits per heavy atom. The molecule has 0 aromatic carbocycles. The van der Waals surface area contributed by atoms with Crippen LogP contribution in [0.3, 0.4) is 0 Å². The van der Waals surface area contributed by atoms with Gasteiger partial charge in [-0.3, -0.25) is 9.80 Å². The second-order valence-electron chi connectivity index (χ2n) is 6.35. The smallest absolute Gasteiger partial charge is 0.226 e. The predicted molar refractivity (Wildman–Crippen MR) is 85.5 cm³/mol. The predicted octanol–water partition coefficient (Wildman–Crippen LogP) is 1.69. The molecule has 0 spiro atoms. The molecular weight excluding hydrogens is 280 g/mol. The van der Waals surface area contributed by atoms with Crippen LogP contribution in [0.1, 0.15) is 51.7 Å². The highest BCUT2D eigenvalue weighted by atomic mass is 16.5. The molecule has 0 aliphatic carbocycles. The largest absolute Gasteiger partial charge is 0.392 e. The van der Waals surface area contributed by atoms with Gasteiger partial charge >= 0.3 is 0 Å². The normalized spacial score (nSPS) is 22.1. The average molecular weight is 310 g/mol. The monoisotopic (exact) mass is 310 g/mol. The SMILES string of the molecule is CCCCc1nc(CN2CCN(C[C@H](C)O)[C@@H](CC)C2)no1. The lowest BCUT2D eigenvalue weighted by molar-refractivity contribution is 0.0326. The molecule has 22 heavy (non-hydrogen) atoms. The fourth-order valence-electron chi connectivity index (χ4n) is 3.05. The van der Waals surface area contributed by atoms with E-state index in [0.29, 0.717) is 6.04 Å². The van der Waals surface area contributed by atoms with Crippen molar-refractivity contribution in [2.75, 3.05) is 26.2 Å². The van der Waals surface area contributed by atoms with Crippen molar-refractivity contribution in [2.24, 2.45) is 0 Å². The van der Waals surface area contributed by atoms with Crippen LogP contribution in [0.4, 0.5) is 0 Å². The van der Waals surface area contributed by atoms with Gasteiger partial charge in [-0.1, -0.05) is 25.4 Å². The van der Waals surface area contributed by atoms with Crippen molar-refractivity contribution in [2.45, 2.75) is 65.1 Å². The van der Waals surface area contributed by atoms with Gasteiger partial charge in [-0.25, -0.2) is 0 Å². The molecule has 1 aromatic heterocycles. The molecule has 1 fully saturated rings. The zero-order valence-corrected chi connectivity index (χ0v) is 14.2. The summed E-state index contributed by atoms with van der Waals surface area (Å²) in [5.41, 5.74) is 0. The molecule has 0 unspecified atom stereocenters. The molecule has 6 heteroatoms. The number of hydrogen-bond donors (Lipinski definition) is 1. The summed E-state index contributed by atoms with van der Waals surface area (Å²) >= 11 is 0. The first-order valence-corrected chi connectivity index (χ1v) is 8.58. The molecule has 0 amide bonds. The second-order valence-corrected chi connectivity index (χ2v) is 6.35. The fraction of sp³-hybridized carbons (Fsp3) is 0.875. The molecule has 0 radical (unpaired) electrons. The van der Waals surface area contributed by atoms with Crippen molar-refractivity contribution in [1.82, 2.24) is 19.9 Å². The molecule has 1 aliphatic rings. The number of hydrogen-bond acceptors (Lipinski definition) is 6. The maximum Gasteiger partial charge on any atom is 0.226 e. The zero-order valence-electron chi connectivity index (χ0n) is 14.2. The first kappa shape index (κ1) is 17.4. The number of aliphatic hydroxyl groups excluding tert-OH is 1. The Bertz CT molecular complexity index is 436. The van der Waals surface area contributed by atoms with Crippen LogP contribution in [0.15, 0.2) is 4.52 Å². The summed E-state index contributed by atoms with van der Waals surface area (Å²) in [6.45, 7) is 10.7. The molecule has 0 saturated carbocycles. The van der Waals surface area contributed by atoms with Crippen LogP contribution in [-0.2, 0) is 13.0 Å². The van der Waals surface area contributed by atoms with Crippen LogP contribution >= 0.6 is 0 Å².